The van der Waals surface area contributed by atoms with E-state index < -0.39 is 17.7 Å². The number of nitrogen functional groups attached to an aromatic ring is 1. The lowest BCUT2D eigenvalue weighted by Gasteiger charge is -2.14. The molecule has 1 saturated heterocycles. The summed E-state index contributed by atoms with van der Waals surface area (Å²) < 4.78 is 66.6. The fourth-order valence-electron chi connectivity index (χ4n) is 3.94. The summed E-state index contributed by atoms with van der Waals surface area (Å²) >= 11 is 0. The van der Waals surface area contributed by atoms with Gasteiger partial charge in [0.25, 0.3) is 0 Å². The fourth-order valence-corrected chi connectivity index (χ4v) is 3.94. The SMILES string of the molecule is Cc1cc(-c2c(-c3ccc(F)cc3)nc(N)n3nc(COC4CCOC4)nc23)cc(C(F)(F)F)n1. The fraction of sp³-hybridized carbons (Fsp3) is 0.304. The van der Waals surface area contributed by atoms with Crippen LogP contribution in [0, 0.1) is 12.7 Å². The number of nitrogens with zero attached hydrogens (tertiary/aromatic N) is 5. The summed E-state index contributed by atoms with van der Waals surface area (Å²) in [7, 11) is 0. The maximum absolute atomic E-state index is 13.6. The molecule has 0 radical (unpaired) electrons. The summed E-state index contributed by atoms with van der Waals surface area (Å²) in [5.74, 6) is -0.223. The van der Waals surface area contributed by atoms with E-state index in [4.69, 9.17) is 15.2 Å². The number of aromatic nitrogens is 5. The van der Waals surface area contributed by atoms with Crippen molar-refractivity contribution < 1.29 is 27.0 Å². The zero-order valence-corrected chi connectivity index (χ0v) is 18.5. The minimum atomic E-state index is -4.66. The van der Waals surface area contributed by atoms with Gasteiger partial charge in [0, 0.05) is 17.9 Å². The third-order valence-electron chi connectivity index (χ3n) is 5.54. The van der Waals surface area contributed by atoms with Crippen LogP contribution in [0.5, 0.6) is 0 Å². The minimum absolute atomic E-state index is 0.0344. The van der Waals surface area contributed by atoms with Crippen molar-refractivity contribution in [1.29, 1.82) is 0 Å². The van der Waals surface area contributed by atoms with E-state index in [-0.39, 0.29) is 52.6 Å². The molecule has 5 rings (SSSR count). The summed E-state index contributed by atoms with van der Waals surface area (Å²) in [4.78, 5) is 12.6. The average Bonchev–Trinajstić information content (AvgIpc) is 3.47. The van der Waals surface area contributed by atoms with Crippen molar-refractivity contribution in [2.75, 3.05) is 18.9 Å². The Morgan fingerprint density at radius 3 is 2.57 bits per heavy atom. The Labute approximate surface area is 196 Å². The van der Waals surface area contributed by atoms with Crippen molar-refractivity contribution in [3.63, 3.8) is 0 Å². The van der Waals surface area contributed by atoms with Crippen molar-refractivity contribution in [2.45, 2.75) is 32.2 Å². The van der Waals surface area contributed by atoms with Crippen LogP contribution in [-0.4, -0.2) is 43.9 Å². The van der Waals surface area contributed by atoms with Gasteiger partial charge in [-0.15, -0.1) is 5.10 Å². The molecule has 1 unspecified atom stereocenters. The number of ether oxygens (including phenoxy) is 2. The number of hydrogen-bond acceptors (Lipinski definition) is 7. The summed E-state index contributed by atoms with van der Waals surface area (Å²) in [6, 6.07) is 7.82. The maximum atomic E-state index is 13.6. The lowest BCUT2D eigenvalue weighted by atomic mass is 9.99. The molecule has 1 aromatic carbocycles. The summed E-state index contributed by atoms with van der Waals surface area (Å²) in [6.45, 7) is 2.59. The maximum Gasteiger partial charge on any atom is 0.433 e. The van der Waals surface area contributed by atoms with Crippen LogP contribution in [0.4, 0.5) is 23.5 Å². The molecule has 1 aliphatic rings. The predicted octanol–water partition coefficient (Wildman–Crippen LogP) is 4.21. The molecule has 0 spiro atoms. The highest BCUT2D eigenvalue weighted by molar-refractivity contribution is 5.90. The van der Waals surface area contributed by atoms with Crippen molar-refractivity contribution in [2.24, 2.45) is 0 Å². The molecule has 1 aliphatic heterocycles. The van der Waals surface area contributed by atoms with Gasteiger partial charge in [0.1, 0.15) is 18.1 Å². The lowest BCUT2D eigenvalue weighted by Crippen LogP contribution is -2.12. The van der Waals surface area contributed by atoms with Crippen LogP contribution < -0.4 is 5.73 Å². The topological polar surface area (TPSA) is 100 Å². The van der Waals surface area contributed by atoms with Crippen LogP contribution >= 0.6 is 0 Å². The first-order valence-electron chi connectivity index (χ1n) is 10.8. The molecular formula is C23H20F4N6O2. The number of fused-ring (bicyclic) bond motifs is 1. The Hall–Kier alpha value is -3.64. The van der Waals surface area contributed by atoms with Crippen LogP contribution in [0.25, 0.3) is 28.0 Å². The van der Waals surface area contributed by atoms with Gasteiger partial charge in [-0.2, -0.15) is 17.7 Å². The molecule has 0 aliphatic carbocycles. The second-order valence-corrected chi connectivity index (χ2v) is 8.14. The Morgan fingerprint density at radius 2 is 1.89 bits per heavy atom. The Balaban J connectivity index is 1.71. The van der Waals surface area contributed by atoms with Crippen molar-refractivity contribution in [3.8, 4) is 22.4 Å². The number of pyridine rings is 1. The molecule has 182 valence electrons. The molecule has 2 N–H and O–H groups in total. The second-order valence-electron chi connectivity index (χ2n) is 8.14. The number of alkyl halides is 3. The van der Waals surface area contributed by atoms with E-state index in [1.165, 1.54) is 41.8 Å². The summed E-state index contributed by atoms with van der Waals surface area (Å²) in [5.41, 5.74) is 6.55. The number of rotatable bonds is 5. The molecule has 1 atom stereocenters. The quantitative estimate of drug-likeness (QED) is 0.420. The first-order chi connectivity index (χ1) is 16.7. The molecule has 8 nitrogen and oxygen atoms in total. The predicted molar refractivity (Wildman–Crippen MR) is 118 cm³/mol. The van der Waals surface area contributed by atoms with E-state index in [1.54, 1.807) is 0 Å². The standard InChI is InChI=1S/C23H20F4N6O2/c1-12-8-14(9-17(29-12)23(25,26)27)19-20(13-2-4-15(24)5-3-13)31-22(28)33-21(19)30-18(32-33)11-35-16-6-7-34-10-16/h2-5,8-9,16H,6-7,10-11H2,1H3,(H2,28,31). The minimum Gasteiger partial charge on any atom is -0.379 e. The van der Waals surface area contributed by atoms with Crippen LogP contribution in [-0.2, 0) is 22.3 Å². The van der Waals surface area contributed by atoms with Gasteiger partial charge in [-0.1, -0.05) is 0 Å². The van der Waals surface area contributed by atoms with Gasteiger partial charge in [-0.25, -0.2) is 19.3 Å². The molecular weight excluding hydrogens is 468 g/mol. The Kier molecular flexibility index (Phi) is 5.85. The van der Waals surface area contributed by atoms with Gasteiger partial charge in [0.15, 0.2) is 11.5 Å². The third-order valence-corrected chi connectivity index (χ3v) is 5.54. The molecule has 0 bridgehead atoms. The molecule has 4 aromatic rings. The third kappa shape index (κ3) is 4.66. The van der Waals surface area contributed by atoms with E-state index >= 15 is 0 Å². The molecule has 0 saturated carbocycles. The number of nitrogens with two attached hydrogens (primary N) is 1. The molecule has 3 aromatic heterocycles. The number of anilines is 1. The Morgan fingerprint density at radius 1 is 1.11 bits per heavy atom. The van der Waals surface area contributed by atoms with E-state index in [0.717, 1.165) is 12.5 Å². The smallest absolute Gasteiger partial charge is 0.379 e. The Bertz CT molecular complexity index is 1380. The van der Waals surface area contributed by atoms with E-state index in [2.05, 4.69) is 20.1 Å². The first-order valence-corrected chi connectivity index (χ1v) is 10.8. The number of halogens is 4. The molecule has 0 amide bonds. The van der Waals surface area contributed by atoms with Crippen LogP contribution in [0.15, 0.2) is 36.4 Å². The highest BCUT2D eigenvalue weighted by Gasteiger charge is 2.34. The number of hydrogen-bond donors (Lipinski definition) is 1. The van der Waals surface area contributed by atoms with Gasteiger partial charge < -0.3 is 15.2 Å². The second kappa shape index (κ2) is 8.86. The van der Waals surface area contributed by atoms with Crippen LogP contribution in [0.3, 0.4) is 0 Å². The number of aryl methyl sites for hydroxylation is 1. The molecule has 4 heterocycles. The van der Waals surface area contributed by atoms with Gasteiger partial charge >= 0.3 is 6.18 Å². The van der Waals surface area contributed by atoms with Crippen LogP contribution in [0.1, 0.15) is 23.6 Å². The largest absolute Gasteiger partial charge is 0.433 e. The monoisotopic (exact) mass is 488 g/mol. The van der Waals surface area contributed by atoms with Gasteiger partial charge in [0.05, 0.1) is 24.0 Å². The molecule has 12 heteroatoms. The highest BCUT2D eigenvalue weighted by Crippen LogP contribution is 2.38. The average molecular weight is 488 g/mol. The lowest BCUT2D eigenvalue weighted by molar-refractivity contribution is -0.141. The zero-order valence-electron chi connectivity index (χ0n) is 18.5. The molecule has 1 fully saturated rings. The van der Waals surface area contributed by atoms with E-state index in [0.29, 0.717) is 18.8 Å². The summed E-state index contributed by atoms with van der Waals surface area (Å²) in [5, 5.41) is 4.36. The number of benzene rings is 1. The van der Waals surface area contributed by atoms with Gasteiger partial charge in [0.2, 0.25) is 5.95 Å². The highest BCUT2D eigenvalue weighted by atomic mass is 19.4. The van der Waals surface area contributed by atoms with Crippen molar-refractivity contribution in [3.05, 3.63) is 59.4 Å². The van der Waals surface area contributed by atoms with Crippen LogP contribution in [0.2, 0.25) is 0 Å². The molecule has 35 heavy (non-hydrogen) atoms. The first kappa shape index (κ1) is 23.1. The summed E-state index contributed by atoms with van der Waals surface area (Å²) in [6.07, 6.45) is -4.01. The van der Waals surface area contributed by atoms with Gasteiger partial charge in [-0.3, -0.25) is 0 Å². The van der Waals surface area contributed by atoms with E-state index in [1.807, 2.05) is 0 Å². The van der Waals surface area contributed by atoms with Gasteiger partial charge in [-0.05, 0) is 55.3 Å². The van der Waals surface area contributed by atoms with Crippen molar-refractivity contribution in [1.82, 2.24) is 24.6 Å². The zero-order chi connectivity index (χ0) is 24.7. The van der Waals surface area contributed by atoms with E-state index in [9.17, 15) is 17.6 Å². The van der Waals surface area contributed by atoms with Crippen molar-refractivity contribution >= 4 is 11.6 Å². The normalized spacial score (nSPS) is 16.3.